The highest BCUT2D eigenvalue weighted by molar-refractivity contribution is 5.97. The average Bonchev–Trinajstić information content (AvgIpc) is 3.13. The Hall–Kier alpha value is -1.15. The maximum absolute atomic E-state index is 11.8. The molecule has 86 valence electrons. The van der Waals surface area contributed by atoms with E-state index in [0.29, 0.717) is 6.54 Å². The van der Waals surface area contributed by atoms with Crippen LogP contribution in [0.2, 0.25) is 0 Å². The van der Waals surface area contributed by atoms with Crippen molar-refractivity contribution in [3.05, 3.63) is 35.4 Å². The number of aryl methyl sites for hydroxylation is 1. The third-order valence-corrected chi connectivity index (χ3v) is 3.10. The van der Waals surface area contributed by atoms with Crippen LogP contribution in [0.25, 0.3) is 0 Å². The Morgan fingerprint density at radius 3 is 2.56 bits per heavy atom. The molecule has 1 N–H and O–H groups in total. The van der Waals surface area contributed by atoms with Crippen molar-refractivity contribution >= 4 is 5.78 Å². The van der Waals surface area contributed by atoms with Gasteiger partial charge in [0.25, 0.3) is 0 Å². The van der Waals surface area contributed by atoms with Gasteiger partial charge in [0.05, 0.1) is 6.54 Å². The highest BCUT2D eigenvalue weighted by atomic mass is 16.1. The second kappa shape index (κ2) is 5.26. The van der Waals surface area contributed by atoms with Crippen LogP contribution < -0.4 is 5.32 Å². The summed E-state index contributed by atoms with van der Waals surface area (Å²) in [6, 6.07) is 7.93. The molecule has 16 heavy (non-hydrogen) atoms. The minimum absolute atomic E-state index is 0.198. The summed E-state index contributed by atoms with van der Waals surface area (Å²) < 4.78 is 0. The standard InChI is InChI=1S/C14H19NO/c1-2-11-5-7-13(8-6-11)14(16)10-15-9-12-3-4-12/h5-8,12,15H,2-4,9-10H2,1H3. The molecule has 2 rings (SSSR count). The molecule has 1 saturated carbocycles. The van der Waals surface area contributed by atoms with E-state index in [-0.39, 0.29) is 5.78 Å². The van der Waals surface area contributed by atoms with Crippen molar-refractivity contribution in [3.63, 3.8) is 0 Å². The van der Waals surface area contributed by atoms with Gasteiger partial charge in [-0.2, -0.15) is 0 Å². The fourth-order valence-electron chi connectivity index (χ4n) is 1.74. The normalized spacial score (nSPS) is 15.1. The molecule has 0 amide bonds. The average molecular weight is 217 g/mol. The van der Waals surface area contributed by atoms with E-state index in [1.54, 1.807) is 0 Å². The second-order valence-corrected chi connectivity index (χ2v) is 4.55. The molecule has 0 saturated heterocycles. The zero-order valence-corrected chi connectivity index (χ0v) is 9.83. The highest BCUT2D eigenvalue weighted by Crippen LogP contribution is 2.27. The lowest BCUT2D eigenvalue weighted by Crippen LogP contribution is -2.24. The number of hydrogen-bond donors (Lipinski definition) is 1. The zero-order valence-electron chi connectivity index (χ0n) is 9.83. The number of carbonyl (C=O) groups is 1. The number of Topliss-reactive ketones (excluding diaryl/α,β-unsaturated/α-hetero) is 1. The molecular weight excluding hydrogens is 198 g/mol. The van der Waals surface area contributed by atoms with E-state index in [0.717, 1.165) is 24.4 Å². The van der Waals surface area contributed by atoms with Gasteiger partial charge in [-0.25, -0.2) is 0 Å². The first kappa shape index (κ1) is 11.3. The second-order valence-electron chi connectivity index (χ2n) is 4.55. The molecule has 2 nitrogen and oxygen atoms in total. The smallest absolute Gasteiger partial charge is 0.176 e. The summed E-state index contributed by atoms with van der Waals surface area (Å²) in [6.45, 7) is 3.59. The van der Waals surface area contributed by atoms with Gasteiger partial charge in [0, 0.05) is 5.56 Å². The molecule has 1 aliphatic carbocycles. The molecule has 0 aromatic heterocycles. The molecule has 1 aromatic carbocycles. The predicted octanol–water partition coefficient (Wildman–Crippen LogP) is 2.43. The van der Waals surface area contributed by atoms with Crippen LogP contribution in [0.5, 0.6) is 0 Å². The molecule has 0 aliphatic heterocycles. The van der Waals surface area contributed by atoms with Crippen molar-refractivity contribution in [3.8, 4) is 0 Å². The summed E-state index contributed by atoms with van der Waals surface area (Å²) >= 11 is 0. The molecule has 0 bridgehead atoms. The van der Waals surface area contributed by atoms with Crippen LogP contribution in [0, 0.1) is 5.92 Å². The van der Waals surface area contributed by atoms with Gasteiger partial charge in [0.15, 0.2) is 5.78 Å². The first-order valence-electron chi connectivity index (χ1n) is 6.12. The Balaban J connectivity index is 1.81. The van der Waals surface area contributed by atoms with Crippen LogP contribution in [0.4, 0.5) is 0 Å². The van der Waals surface area contributed by atoms with E-state index in [2.05, 4.69) is 12.2 Å². The SMILES string of the molecule is CCc1ccc(C(=O)CNCC2CC2)cc1. The summed E-state index contributed by atoms with van der Waals surface area (Å²) in [7, 11) is 0. The fourth-order valence-corrected chi connectivity index (χ4v) is 1.74. The van der Waals surface area contributed by atoms with Crippen LogP contribution in [-0.4, -0.2) is 18.9 Å². The van der Waals surface area contributed by atoms with Crippen molar-refractivity contribution in [1.82, 2.24) is 5.32 Å². The lowest BCUT2D eigenvalue weighted by Gasteiger charge is -2.04. The Bertz CT molecular complexity index is 352. The highest BCUT2D eigenvalue weighted by Gasteiger charge is 2.20. The molecule has 2 heteroatoms. The summed E-state index contributed by atoms with van der Waals surface area (Å²) in [4.78, 5) is 11.8. The van der Waals surface area contributed by atoms with Crippen molar-refractivity contribution in [2.45, 2.75) is 26.2 Å². The van der Waals surface area contributed by atoms with Gasteiger partial charge < -0.3 is 5.32 Å². The molecule has 0 heterocycles. The van der Waals surface area contributed by atoms with Crippen LogP contribution >= 0.6 is 0 Å². The van der Waals surface area contributed by atoms with Gasteiger partial charge >= 0.3 is 0 Å². The maximum Gasteiger partial charge on any atom is 0.176 e. The summed E-state index contributed by atoms with van der Waals surface area (Å²) in [6.07, 6.45) is 3.67. The molecule has 0 radical (unpaired) electrons. The predicted molar refractivity (Wildman–Crippen MR) is 65.7 cm³/mol. The molecule has 0 atom stereocenters. The van der Waals surface area contributed by atoms with Crippen molar-refractivity contribution in [1.29, 1.82) is 0 Å². The third kappa shape index (κ3) is 3.17. The maximum atomic E-state index is 11.8. The van der Waals surface area contributed by atoms with Crippen LogP contribution in [0.3, 0.4) is 0 Å². The van der Waals surface area contributed by atoms with Crippen molar-refractivity contribution in [2.75, 3.05) is 13.1 Å². The fraction of sp³-hybridized carbons (Fsp3) is 0.500. The van der Waals surface area contributed by atoms with Crippen molar-refractivity contribution < 1.29 is 4.79 Å². The lowest BCUT2D eigenvalue weighted by atomic mass is 10.1. The van der Waals surface area contributed by atoms with Gasteiger partial charge in [0.1, 0.15) is 0 Å². The Morgan fingerprint density at radius 1 is 1.31 bits per heavy atom. The largest absolute Gasteiger partial charge is 0.309 e. The minimum atomic E-state index is 0.198. The number of benzene rings is 1. The van der Waals surface area contributed by atoms with Crippen LogP contribution in [0.15, 0.2) is 24.3 Å². The Labute approximate surface area is 97.1 Å². The number of rotatable bonds is 6. The summed E-state index contributed by atoms with van der Waals surface area (Å²) in [5, 5.41) is 3.22. The quantitative estimate of drug-likeness (QED) is 0.741. The first-order chi connectivity index (χ1) is 7.79. The first-order valence-corrected chi connectivity index (χ1v) is 6.12. The third-order valence-electron chi connectivity index (χ3n) is 3.10. The summed E-state index contributed by atoms with van der Waals surface area (Å²) in [5.41, 5.74) is 2.10. The van der Waals surface area contributed by atoms with Gasteiger partial charge in [-0.05, 0) is 37.3 Å². The Morgan fingerprint density at radius 2 is 2.00 bits per heavy atom. The van der Waals surface area contributed by atoms with E-state index in [1.807, 2.05) is 24.3 Å². The molecule has 1 fully saturated rings. The molecule has 1 aromatic rings. The van der Waals surface area contributed by atoms with Gasteiger partial charge in [-0.3, -0.25) is 4.79 Å². The van der Waals surface area contributed by atoms with Crippen molar-refractivity contribution in [2.24, 2.45) is 5.92 Å². The van der Waals surface area contributed by atoms with E-state index in [9.17, 15) is 4.79 Å². The topological polar surface area (TPSA) is 29.1 Å². The molecule has 0 unspecified atom stereocenters. The number of ketones is 1. The van der Waals surface area contributed by atoms with E-state index in [4.69, 9.17) is 0 Å². The van der Waals surface area contributed by atoms with E-state index in [1.165, 1.54) is 18.4 Å². The van der Waals surface area contributed by atoms with E-state index >= 15 is 0 Å². The van der Waals surface area contributed by atoms with Crippen LogP contribution in [-0.2, 0) is 6.42 Å². The molecular formula is C14H19NO. The van der Waals surface area contributed by atoms with Gasteiger partial charge in [-0.1, -0.05) is 31.2 Å². The van der Waals surface area contributed by atoms with Gasteiger partial charge in [0.2, 0.25) is 0 Å². The number of nitrogens with one attached hydrogen (secondary N) is 1. The Kier molecular flexibility index (Phi) is 3.73. The van der Waals surface area contributed by atoms with Gasteiger partial charge in [-0.15, -0.1) is 0 Å². The summed E-state index contributed by atoms with van der Waals surface area (Å²) in [5.74, 6) is 1.03. The van der Waals surface area contributed by atoms with Crippen LogP contribution in [0.1, 0.15) is 35.7 Å². The zero-order chi connectivity index (χ0) is 11.4. The monoisotopic (exact) mass is 217 g/mol. The number of hydrogen-bond acceptors (Lipinski definition) is 2. The van der Waals surface area contributed by atoms with E-state index < -0.39 is 0 Å². The number of carbonyl (C=O) groups excluding carboxylic acids is 1. The molecule has 0 spiro atoms. The lowest BCUT2D eigenvalue weighted by molar-refractivity contribution is 0.0991. The molecule has 1 aliphatic rings. The minimum Gasteiger partial charge on any atom is -0.309 e.